The summed E-state index contributed by atoms with van der Waals surface area (Å²) in [4.78, 5) is 8.54. The van der Waals surface area contributed by atoms with Crippen LogP contribution in [0, 0.1) is 5.41 Å². The van der Waals surface area contributed by atoms with Crippen molar-refractivity contribution in [2.24, 2.45) is 5.41 Å². The van der Waals surface area contributed by atoms with Crippen molar-refractivity contribution in [3.8, 4) is 0 Å². The lowest BCUT2D eigenvalue weighted by atomic mass is 9.88. The smallest absolute Gasteiger partial charge is 0.138 e. The maximum Gasteiger partial charge on any atom is 0.138 e. The molecule has 1 aliphatic heterocycles. The number of fused-ring (bicyclic) bond motifs is 1. The van der Waals surface area contributed by atoms with Gasteiger partial charge in [0.05, 0.1) is 25.1 Å². The number of hydrogen-bond acceptors (Lipinski definition) is 5. The van der Waals surface area contributed by atoms with Crippen molar-refractivity contribution < 1.29 is 4.74 Å². The van der Waals surface area contributed by atoms with E-state index in [9.17, 15) is 0 Å². The van der Waals surface area contributed by atoms with Crippen molar-refractivity contribution >= 4 is 39.6 Å². The highest BCUT2D eigenvalue weighted by Gasteiger charge is 2.32. The average Bonchev–Trinajstić information content (AvgIpc) is 2.60. The zero-order valence-corrected chi connectivity index (χ0v) is 14.7. The zero-order chi connectivity index (χ0) is 17.3. The van der Waals surface area contributed by atoms with Crippen LogP contribution in [0.1, 0.15) is 6.92 Å². The Bertz CT molecular complexity index is 894. The number of pyridine rings is 2. The van der Waals surface area contributed by atoms with Gasteiger partial charge in [-0.2, -0.15) is 0 Å². The van der Waals surface area contributed by atoms with Crippen LogP contribution in [0.25, 0.3) is 10.8 Å². The molecule has 0 amide bonds. The maximum absolute atomic E-state index is 5.83. The zero-order valence-electron chi connectivity index (χ0n) is 13.9. The van der Waals surface area contributed by atoms with Crippen LogP contribution in [-0.4, -0.2) is 29.7 Å². The number of nitrogens with zero attached hydrogens (tertiary/aromatic N) is 2. The molecule has 0 radical (unpaired) electrons. The number of rotatable bonds is 5. The predicted molar refractivity (Wildman–Crippen MR) is 102 cm³/mol. The molecule has 0 unspecified atom stereocenters. The van der Waals surface area contributed by atoms with E-state index in [1.54, 1.807) is 18.5 Å². The standard InChI is InChI=1S/C19H19ClN4O/c1-19(11-25-12-19)10-23-14-2-4-16-13(8-14)6-7-21-18(16)24-15-3-5-17(20)22-9-15/h2-9,23H,10-12H2,1H3,(H,21,24). The summed E-state index contributed by atoms with van der Waals surface area (Å²) in [6.07, 6.45) is 3.50. The van der Waals surface area contributed by atoms with Gasteiger partial charge in [-0.1, -0.05) is 18.5 Å². The topological polar surface area (TPSA) is 59.1 Å². The fourth-order valence-electron chi connectivity index (χ4n) is 2.84. The minimum absolute atomic E-state index is 0.238. The minimum atomic E-state index is 0.238. The molecule has 25 heavy (non-hydrogen) atoms. The van der Waals surface area contributed by atoms with Gasteiger partial charge in [0.15, 0.2) is 0 Å². The lowest BCUT2D eigenvalue weighted by Gasteiger charge is -2.38. The Kier molecular flexibility index (Phi) is 4.19. The lowest BCUT2D eigenvalue weighted by molar-refractivity contribution is -0.0924. The van der Waals surface area contributed by atoms with Crippen molar-refractivity contribution in [2.75, 3.05) is 30.4 Å². The summed E-state index contributed by atoms with van der Waals surface area (Å²) < 4.78 is 5.31. The highest BCUT2D eigenvalue weighted by molar-refractivity contribution is 6.29. The van der Waals surface area contributed by atoms with Crippen LogP contribution in [-0.2, 0) is 4.74 Å². The number of ether oxygens (including phenoxy) is 1. The second-order valence-corrected chi connectivity index (χ2v) is 7.13. The first kappa shape index (κ1) is 16.1. The molecule has 0 aliphatic carbocycles. The molecule has 2 N–H and O–H groups in total. The molecule has 1 saturated heterocycles. The molecular weight excluding hydrogens is 336 g/mol. The van der Waals surface area contributed by atoms with Crippen LogP contribution < -0.4 is 10.6 Å². The van der Waals surface area contributed by atoms with Gasteiger partial charge < -0.3 is 15.4 Å². The Labute approximate surface area is 151 Å². The van der Waals surface area contributed by atoms with Gasteiger partial charge in [-0.05, 0) is 41.8 Å². The van der Waals surface area contributed by atoms with Gasteiger partial charge in [0.2, 0.25) is 0 Å². The first-order valence-electron chi connectivity index (χ1n) is 8.20. The molecule has 6 heteroatoms. The maximum atomic E-state index is 5.83. The van der Waals surface area contributed by atoms with Crippen molar-refractivity contribution in [1.82, 2.24) is 9.97 Å². The average molecular weight is 355 g/mol. The molecular formula is C19H19ClN4O. The number of hydrogen-bond donors (Lipinski definition) is 2. The Hall–Kier alpha value is -2.37. The lowest BCUT2D eigenvalue weighted by Crippen LogP contribution is -2.45. The monoisotopic (exact) mass is 354 g/mol. The predicted octanol–water partition coefficient (Wildman–Crippen LogP) is 4.48. The second-order valence-electron chi connectivity index (χ2n) is 6.75. The number of anilines is 3. The van der Waals surface area contributed by atoms with E-state index in [-0.39, 0.29) is 5.41 Å². The molecule has 0 saturated carbocycles. The van der Waals surface area contributed by atoms with Crippen LogP contribution in [0.5, 0.6) is 0 Å². The van der Waals surface area contributed by atoms with Crippen LogP contribution in [0.4, 0.5) is 17.2 Å². The summed E-state index contributed by atoms with van der Waals surface area (Å²) in [6.45, 7) is 4.78. The van der Waals surface area contributed by atoms with Crippen molar-refractivity contribution in [1.29, 1.82) is 0 Å². The fourth-order valence-corrected chi connectivity index (χ4v) is 2.95. The third-order valence-corrected chi connectivity index (χ3v) is 4.60. The first-order valence-corrected chi connectivity index (χ1v) is 8.58. The minimum Gasteiger partial charge on any atom is -0.384 e. The molecule has 5 nitrogen and oxygen atoms in total. The Balaban J connectivity index is 1.55. The normalized spacial score (nSPS) is 15.6. The summed E-state index contributed by atoms with van der Waals surface area (Å²) in [5.41, 5.74) is 2.19. The highest BCUT2D eigenvalue weighted by atomic mass is 35.5. The molecule has 3 heterocycles. The molecule has 3 aromatic rings. The Morgan fingerprint density at radius 3 is 2.68 bits per heavy atom. The molecule has 4 rings (SSSR count). The van der Waals surface area contributed by atoms with E-state index in [0.29, 0.717) is 5.15 Å². The van der Waals surface area contributed by atoms with Crippen LogP contribution >= 0.6 is 11.6 Å². The van der Waals surface area contributed by atoms with E-state index in [1.807, 2.05) is 12.1 Å². The van der Waals surface area contributed by atoms with Gasteiger partial charge in [0, 0.05) is 29.2 Å². The van der Waals surface area contributed by atoms with Crippen LogP contribution in [0.15, 0.2) is 48.8 Å². The molecule has 0 spiro atoms. The van der Waals surface area contributed by atoms with E-state index in [2.05, 4.69) is 45.7 Å². The molecule has 0 bridgehead atoms. The SMILES string of the molecule is CC1(CNc2ccc3c(Nc4ccc(Cl)nc4)nccc3c2)COC1. The second kappa shape index (κ2) is 6.50. The third-order valence-electron chi connectivity index (χ3n) is 4.37. The summed E-state index contributed by atoms with van der Waals surface area (Å²) >= 11 is 5.83. The van der Waals surface area contributed by atoms with Crippen molar-refractivity contribution in [3.05, 3.63) is 53.9 Å². The molecule has 2 aromatic heterocycles. The van der Waals surface area contributed by atoms with Gasteiger partial charge in [0.1, 0.15) is 11.0 Å². The summed E-state index contributed by atoms with van der Waals surface area (Å²) in [5, 5.41) is 9.46. The summed E-state index contributed by atoms with van der Waals surface area (Å²) in [5.74, 6) is 0.799. The number of benzene rings is 1. The van der Waals surface area contributed by atoms with E-state index in [4.69, 9.17) is 16.3 Å². The Morgan fingerprint density at radius 1 is 1.12 bits per heavy atom. The largest absolute Gasteiger partial charge is 0.384 e. The van der Waals surface area contributed by atoms with Gasteiger partial charge in [-0.3, -0.25) is 0 Å². The van der Waals surface area contributed by atoms with Gasteiger partial charge in [-0.15, -0.1) is 0 Å². The molecule has 1 aromatic carbocycles. The first-order chi connectivity index (χ1) is 12.1. The van der Waals surface area contributed by atoms with Crippen LogP contribution in [0.2, 0.25) is 5.15 Å². The van der Waals surface area contributed by atoms with Crippen molar-refractivity contribution in [3.63, 3.8) is 0 Å². The third kappa shape index (κ3) is 3.52. The molecule has 0 atom stereocenters. The van der Waals surface area contributed by atoms with E-state index < -0.39 is 0 Å². The summed E-state index contributed by atoms with van der Waals surface area (Å²) in [7, 11) is 0. The van der Waals surface area contributed by atoms with Gasteiger partial charge in [0.25, 0.3) is 0 Å². The van der Waals surface area contributed by atoms with E-state index in [1.165, 1.54) is 0 Å². The van der Waals surface area contributed by atoms with Crippen molar-refractivity contribution in [2.45, 2.75) is 6.92 Å². The van der Waals surface area contributed by atoms with Gasteiger partial charge >= 0.3 is 0 Å². The quantitative estimate of drug-likeness (QED) is 0.662. The van der Waals surface area contributed by atoms with Crippen LogP contribution in [0.3, 0.4) is 0 Å². The fraction of sp³-hybridized carbons (Fsp3) is 0.263. The molecule has 1 fully saturated rings. The molecule has 128 valence electrons. The number of halogens is 1. The molecule has 1 aliphatic rings. The Morgan fingerprint density at radius 2 is 1.96 bits per heavy atom. The van der Waals surface area contributed by atoms with E-state index in [0.717, 1.165) is 47.7 Å². The number of nitrogens with one attached hydrogen (secondary N) is 2. The number of aromatic nitrogens is 2. The van der Waals surface area contributed by atoms with Gasteiger partial charge in [-0.25, -0.2) is 9.97 Å². The van der Waals surface area contributed by atoms with E-state index >= 15 is 0 Å². The highest BCUT2D eigenvalue weighted by Crippen LogP contribution is 2.29. The summed E-state index contributed by atoms with van der Waals surface area (Å²) in [6, 6.07) is 12.0.